The molecule has 1 aromatic heterocycles. The Bertz CT molecular complexity index is 485. The van der Waals surface area contributed by atoms with Gasteiger partial charge in [-0.2, -0.15) is 0 Å². The van der Waals surface area contributed by atoms with Crippen molar-refractivity contribution in [3.8, 4) is 5.75 Å². The number of pyridine rings is 1. The van der Waals surface area contributed by atoms with E-state index in [0.29, 0.717) is 9.45 Å². The molecule has 0 aliphatic heterocycles. The van der Waals surface area contributed by atoms with Crippen molar-refractivity contribution in [1.29, 1.82) is 0 Å². The minimum atomic E-state index is -3.76. The zero-order chi connectivity index (χ0) is 11.1. The number of hydrogen-bond donors (Lipinski definition) is 1. The second-order valence-corrected chi connectivity index (χ2v) is 5.94. The standard InChI is InChI=1S/C8H9IN2O3S/c9-7-3-6(14-5-1-2-5)4-8(11-7)15(10,12)13/h3-5H,1-2H2,(H2,10,12,13). The van der Waals surface area contributed by atoms with Crippen LogP contribution in [0.25, 0.3) is 0 Å². The van der Waals surface area contributed by atoms with Crippen molar-refractivity contribution in [3.63, 3.8) is 0 Å². The predicted molar refractivity (Wildman–Crippen MR) is 62.0 cm³/mol. The van der Waals surface area contributed by atoms with E-state index in [1.807, 2.05) is 22.6 Å². The minimum absolute atomic E-state index is 0.148. The van der Waals surface area contributed by atoms with Crippen molar-refractivity contribution in [2.24, 2.45) is 5.14 Å². The molecule has 2 N–H and O–H groups in total. The van der Waals surface area contributed by atoms with Crippen molar-refractivity contribution in [2.45, 2.75) is 24.0 Å². The molecule has 0 atom stereocenters. The molecule has 5 nitrogen and oxygen atoms in total. The molecule has 1 aliphatic rings. The van der Waals surface area contributed by atoms with Gasteiger partial charge in [0, 0.05) is 12.1 Å². The Balaban J connectivity index is 2.35. The Labute approximate surface area is 101 Å². The van der Waals surface area contributed by atoms with E-state index < -0.39 is 10.0 Å². The Morgan fingerprint density at radius 1 is 1.47 bits per heavy atom. The van der Waals surface area contributed by atoms with Gasteiger partial charge in [-0.1, -0.05) is 0 Å². The fraction of sp³-hybridized carbons (Fsp3) is 0.375. The van der Waals surface area contributed by atoms with Crippen LogP contribution in [0.2, 0.25) is 0 Å². The number of ether oxygens (including phenoxy) is 1. The average Bonchev–Trinajstić information content (AvgIpc) is 2.85. The molecule has 1 fully saturated rings. The molecule has 82 valence electrons. The highest BCUT2D eigenvalue weighted by molar-refractivity contribution is 14.1. The Morgan fingerprint density at radius 2 is 2.13 bits per heavy atom. The first-order valence-corrected chi connectivity index (χ1v) is 6.95. The van der Waals surface area contributed by atoms with E-state index in [1.165, 1.54) is 6.07 Å². The number of rotatable bonds is 3. The van der Waals surface area contributed by atoms with Gasteiger partial charge < -0.3 is 4.74 Å². The smallest absolute Gasteiger partial charge is 0.255 e. The molecule has 0 radical (unpaired) electrons. The first kappa shape index (κ1) is 11.1. The highest BCUT2D eigenvalue weighted by Crippen LogP contribution is 2.28. The van der Waals surface area contributed by atoms with Gasteiger partial charge in [0.2, 0.25) is 0 Å². The van der Waals surface area contributed by atoms with Crippen LogP contribution in [0.1, 0.15) is 12.8 Å². The van der Waals surface area contributed by atoms with E-state index in [1.54, 1.807) is 6.07 Å². The largest absolute Gasteiger partial charge is 0.490 e. The van der Waals surface area contributed by atoms with Crippen LogP contribution in [0.15, 0.2) is 17.2 Å². The molecule has 0 bridgehead atoms. The van der Waals surface area contributed by atoms with Gasteiger partial charge in [-0.05, 0) is 35.4 Å². The van der Waals surface area contributed by atoms with Gasteiger partial charge in [-0.15, -0.1) is 0 Å². The summed E-state index contributed by atoms with van der Waals surface area (Å²) >= 11 is 1.93. The lowest BCUT2D eigenvalue weighted by atomic mass is 10.4. The summed E-state index contributed by atoms with van der Waals surface area (Å²) in [6.07, 6.45) is 2.25. The van der Waals surface area contributed by atoms with Crippen molar-refractivity contribution in [3.05, 3.63) is 15.8 Å². The summed E-state index contributed by atoms with van der Waals surface area (Å²) in [5, 5.41) is 4.84. The highest BCUT2D eigenvalue weighted by Gasteiger charge is 2.24. The fourth-order valence-electron chi connectivity index (χ4n) is 1.04. The topological polar surface area (TPSA) is 82.3 Å². The molecule has 15 heavy (non-hydrogen) atoms. The third kappa shape index (κ3) is 3.02. The molecule has 1 aromatic rings. The average molecular weight is 340 g/mol. The summed E-state index contributed by atoms with van der Waals surface area (Å²) in [4.78, 5) is 3.83. The second kappa shape index (κ2) is 3.87. The van der Waals surface area contributed by atoms with E-state index in [-0.39, 0.29) is 11.1 Å². The fourth-order valence-corrected chi connectivity index (χ4v) is 2.28. The maximum absolute atomic E-state index is 11.1. The maximum Gasteiger partial charge on any atom is 0.255 e. The van der Waals surface area contributed by atoms with E-state index in [2.05, 4.69) is 4.98 Å². The molecule has 7 heteroatoms. The van der Waals surface area contributed by atoms with Gasteiger partial charge in [-0.25, -0.2) is 18.5 Å². The summed E-state index contributed by atoms with van der Waals surface area (Å²) in [5.41, 5.74) is 0. The third-order valence-electron chi connectivity index (χ3n) is 1.86. The Kier molecular flexibility index (Phi) is 2.86. The van der Waals surface area contributed by atoms with Crippen LogP contribution >= 0.6 is 22.6 Å². The van der Waals surface area contributed by atoms with E-state index in [4.69, 9.17) is 9.88 Å². The first-order chi connectivity index (χ1) is 6.95. The van der Waals surface area contributed by atoms with Crippen LogP contribution in [0, 0.1) is 3.70 Å². The van der Waals surface area contributed by atoms with Gasteiger partial charge in [0.25, 0.3) is 10.0 Å². The van der Waals surface area contributed by atoms with Crippen molar-refractivity contribution in [2.75, 3.05) is 0 Å². The maximum atomic E-state index is 11.1. The summed E-state index contributed by atoms with van der Waals surface area (Å²) in [7, 11) is -3.76. The Morgan fingerprint density at radius 3 is 2.67 bits per heavy atom. The number of nitrogens with zero attached hydrogens (tertiary/aromatic N) is 1. The van der Waals surface area contributed by atoms with Crippen molar-refractivity contribution >= 4 is 32.6 Å². The second-order valence-electron chi connectivity index (χ2n) is 3.33. The van der Waals surface area contributed by atoms with Crippen LogP contribution in [-0.4, -0.2) is 19.5 Å². The highest BCUT2D eigenvalue weighted by atomic mass is 127. The Hall–Kier alpha value is -0.410. The number of sulfonamides is 1. The monoisotopic (exact) mass is 340 g/mol. The molecule has 1 aliphatic carbocycles. The lowest BCUT2D eigenvalue weighted by molar-refractivity contribution is 0.301. The van der Waals surface area contributed by atoms with Crippen molar-refractivity contribution in [1.82, 2.24) is 4.98 Å². The SMILES string of the molecule is NS(=O)(=O)c1cc(OC2CC2)cc(I)n1. The van der Waals surface area contributed by atoms with Gasteiger partial charge in [0.1, 0.15) is 9.45 Å². The van der Waals surface area contributed by atoms with Crippen LogP contribution in [-0.2, 0) is 10.0 Å². The van der Waals surface area contributed by atoms with Gasteiger partial charge in [0.05, 0.1) is 6.10 Å². The van der Waals surface area contributed by atoms with E-state index in [9.17, 15) is 8.42 Å². The van der Waals surface area contributed by atoms with Crippen LogP contribution < -0.4 is 9.88 Å². The third-order valence-corrected chi connectivity index (χ3v) is 3.21. The van der Waals surface area contributed by atoms with Crippen LogP contribution in [0.5, 0.6) is 5.75 Å². The van der Waals surface area contributed by atoms with Gasteiger partial charge in [-0.3, -0.25) is 0 Å². The zero-order valence-electron chi connectivity index (χ0n) is 7.68. The van der Waals surface area contributed by atoms with Gasteiger partial charge >= 0.3 is 0 Å². The zero-order valence-corrected chi connectivity index (χ0v) is 10.7. The number of aromatic nitrogens is 1. The van der Waals surface area contributed by atoms with Crippen LogP contribution in [0.3, 0.4) is 0 Å². The minimum Gasteiger partial charge on any atom is -0.490 e. The lowest BCUT2D eigenvalue weighted by Gasteiger charge is -2.06. The lowest BCUT2D eigenvalue weighted by Crippen LogP contribution is -2.14. The molecular weight excluding hydrogens is 331 g/mol. The molecular formula is C8H9IN2O3S. The summed E-state index contributed by atoms with van der Waals surface area (Å²) < 4.78 is 28.2. The van der Waals surface area contributed by atoms with Crippen LogP contribution in [0.4, 0.5) is 0 Å². The summed E-state index contributed by atoms with van der Waals surface area (Å²) in [6, 6.07) is 3.05. The number of nitrogens with two attached hydrogens (primary N) is 1. The number of hydrogen-bond acceptors (Lipinski definition) is 4. The van der Waals surface area contributed by atoms with Gasteiger partial charge in [0.15, 0.2) is 5.03 Å². The van der Waals surface area contributed by atoms with E-state index >= 15 is 0 Å². The summed E-state index contributed by atoms with van der Waals surface area (Å²) in [5.74, 6) is 0.515. The predicted octanol–water partition coefficient (Wildman–Crippen LogP) is 0.875. The van der Waals surface area contributed by atoms with E-state index in [0.717, 1.165) is 12.8 Å². The summed E-state index contributed by atoms with van der Waals surface area (Å²) in [6.45, 7) is 0. The molecule has 0 spiro atoms. The number of primary sulfonamides is 1. The number of halogens is 1. The van der Waals surface area contributed by atoms with Crippen molar-refractivity contribution < 1.29 is 13.2 Å². The molecule has 0 amide bonds. The normalized spacial score (nSPS) is 16.4. The molecule has 2 rings (SSSR count). The first-order valence-electron chi connectivity index (χ1n) is 4.32. The molecule has 1 saturated carbocycles. The molecule has 0 saturated heterocycles. The molecule has 0 unspecified atom stereocenters. The molecule has 1 heterocycles. The molecule has 0 aromatic carbocycles. The quantitative estimate of drug-likeness (QED) is 0.654.